The first-order chi connectivity index (χ1) is 23.9. The molecule has 9 nitrogen and oxygen atoms in total. The Hall–Kier alpha value is -4.73. The van der Waals surface area contributed by atoms with Gasteiger partial charge in [0.1, 0.15) is 5.75 Å². The summed E-state index contributed by atoms with van der Waals surface area (Å²) in [7, 11) is 3.62. The van der Waals surface area contributed by atoms with Crippen LogP contribution in [0.1, 0.15) is 75.7 Å². The van der Waals surface area contributed by atoms with Crippen molar-refractivity contribution in [2.75, 3.05) is 32.1 Å². The van der Waals surface area contributed by atoms with Crippen molar-refractivity contribution in [2.45, 2.75) is 66.6 Å². The Balaban J connectivity index is 1.21. The molecule has 2 aliphatic heterocycles. The molecule has 1 fully saturated rings. The minimum atomic E-state index is -0.720. The van der Waals surface area contributed by atoms with Gasteiger partial charge in [-0.05, 0) is 98.7 Å². The van der Waals surface area contributed by atoms with Crippen LogP contribution in [0.2, 0.25) is 0 Å². The maximum atomic E-state index is 13.6. The third kappa shape index (κ3) is 7.11. The van der Waals surface area contributed by atoms with Gasteiger partial charge in [0.15, 0.2) is 5.82 Å². The summed E-state index contributed by atoms with van der Waals surface area (Å²) in [6.07, 6.45) is 5.83. The smallest absolute Gasteiger partial charge is 0.307 e. The Morgan fingerprint density at radius 1 is 1.02 bits per heavy atom. The van der Waals surface area contributed by atoms with Gasteiger partial charge >= 0.3 is 5.97 Å². The van der Waals surface area contributed by atoms with Crippen LogP contribution in [0.4, 0.5) is 5.69 Å². The second-order valence-electron chi connectivity index (χ2n) is 14.1. The van der Waals surface area contributed by atoms with Crippen LogP contribution in [0.5, 0.6) is 5.75 Å². The van der Waals surface area contributed by atoms with Crippen molar-refractivity contribution in [3.05, 3.63) is 99.1 Å². The number of carbonyl (C=O) groups is 2. The summed E-state index contributed by atoms with van der Waals surface area (Å²) in [5.74, 6) is 0.0193. The molecule has 1 amide bonds. The summed E-state index contributed by atoms with van der Waals surface area (Å²) in [5, 5.41) is 12.6. The van der Waals surface area contributed by atoms with Crippen LogP contribution in [0.15, 0.2) is 48.5 Å². The van der Waals surface area contributed by atoms with Crippen LogP contribution >= 0.6 is 0 Å². The van der Waals surface area contributed by atoms with Gasteiger partial charge in [-0.15, -0.1) is 0 Å². The van der Waals surface area contributed by atoms with Gasteiger partial charge in [-0.25, -0.2) is 4.98 Å². The van der Waals surface area contributed by atoms with Crippen LogP contribution in [0.25, 0.3) is 23.3 Å². The molecule has 4 aromatic rings. The van der Waals surface area contributed by atoms with Gasteiger partial charge in [0.05, 0.1) is 18.7 Å². The Bertz CT molecular complexity index is 1960. The molecule has 0 saturated carbocycles. The van der Waals surface area contributed by atoms with Gasteiger partial charge < -0.3 is 19.7 Å². The average molecular weight is 676 g/mol. The summed E-state index contributed by atoms with van der Waals surface area (Å²) >= 11 is 0. The predicted molar refractivity (Wildman–Crippen MR) is 199 cm³/mol. The molecule has 0 spiro atoms. The number of rotatable bonds is 10. The quantitative estimate of drug-likeness (QED) is 0.173. The zero-order valence-electron chi connectivity index (χ0n) is 30.3. The molecule has 262 valence electrons. The number of likely N-dealkylation sites (tertiary alicyclic amines) is 1. The van der Waals surface area contributed by atoms with Gasteiger partial charge in [-0.1, -0.05) is 48.6 Å². The van der Waals surface area contributed by atoms with Gasteiger partial charge in [-0.2, -0.15) is 0 Å². The number of hydrogen-bond donors (Lipinski definition) is 2. The molecular formula is C41H49N5O4. The number of fused-ring (bicyclic) bond motifs is 1. The van der Waals surface area contributed by atoms with Crippen molar-refractivity contribution >= 4 is 29.7 Å². The maximum Gasteiger partial charge on any atom is 0.307 e. The lowest BCUT2D eigenvalue weighted by Crippen LogP contribution is -2.36. The topological polar surface area (TPSA) is 99.9 Å². The molecule has 9 heteroatoms. The monoisotopic (exact) mass is 675 g/mol. The lowest BCUT2D eigenvalue weighted by atomic mass is 9.92. The second-order valence-corrected chi connectivity index (χ2v) is 14.1. The normalized spacial score (nSPS) is 16.7. The number of carboxylic acid groups (broad SMARTS) is 1. The molecular weight excluding hydrogens is 626 g/mol. The van der Waals surface area contributed by atoms with E-state index >= 15 is 0 Å². The van der Waals surface area contributed by atoms with E-state index in [1.54, 1.807) is 7.11 Å². The highest BCUT2D eigenvalue weighted by Gasteiger charge is 2.29. The molecule has 3 aromatic carbocycles. The van der Waals surface area contributed by atoms with E-state index in [0.717, 1.165) is 93.4 Å². The van der Waals surface area contributed by atoms with Crippen LogP contribution < -0.4 is 10.1 Å². The van der Waals surface area contributed by atoms with Crippen molar-refractivity contribution in [1.82, 2.24) is 19.4 Å². The number of aryl methyl sites for hydroxylation is 1. The molecule has 0 radical (unpaired) electrons. The van der Waals surface area contributed by atoms with Gasteiger partial charge in [0.2, 0.25) is 0 Å². The van der Waals surface area contributed by atoms with Crippen molar-refractivity contribution in [3.8, 4) is 16.9 Å². The van der Waals surface area contributed by atoms with Crippen LogP contribution in [0, 0.1) is 26.7 Å². The highest BCUT2D eigenvalue weighted by Crippen LogP contribution is 2.34. The van der Waals surface area contributed by atoms with Gasteiger partial charge in [0, 0.05) is 62.6 Å². The van der Waals surface area contributed by atoms with E-state index in [9.17, 15) is 14.7 Å². The number of aliphatic carboxylic acids is 1. The van der Waals surface area contributed by atoms with Crippen molar-refractivity contribution in [1.29, 1.82) is 0 Å². The van der Waals surface area contributed by atoms with Crippen LogP contribution in [-0.4, -0.2) is 69.1 Å². The SMILES string of the molecule is COc1cc(/C=C/c2cccc(-c3cccc(NC(=O)c4nc5c(n4C)CCN(C(C)C)C5)c3C)c2C)c(C)cc1CN1CC[C@@H](C(=O)O)C1. The Kier molecular flexibility index (Phi) is 10.3. The fourth-order valence-electron chi connectivity index (χ4n) is 7.41. The summed E-state index contributed by atoms with van der Waals surface area (Å²) < 4.78 is 7.74. The number of aromatic nitrogens is 2. The summed E-state index contributed by atoms with van der Waals surface area (Å²) in [4.78, 5) is 34.4. The molecule has 0 unspecified atom stereocenters. The zero-order valence-corrected chi connectivity index (χ0v) is 30.3. The van der Waals surface area contributed by atoms with Crippen LogP contribution in [-0.2, 0) is 31.4 Å². The summed E-state index contributed by atoms with van der Waals surface area (Å²) in [6, 6.07) is 17.0. The van der Waals surface area contributed by atoms with Crippen LogP contribution in [0.3, 0.4) is 0 Å². The number of anilines is 1. The lowest BCUT2D eigenvalue weighted by Gasteiger charge is -2.29. The molecule has 50 heavy (non-hydrogen) atoms. The molecule has 0 aliphatic carbocycles. The molecule has 3 heterocycles. The number of hydrogen-bond acceptors (Lipinski definition) is 6. The van der Waals surface area contributed by atoms with Crippen molar-refractivity contribution < 1.29 is 19.4 Å². The second kappa shape index (κ2) is 14.6. The number of carbonyl (C=O) groups excluding carboxylic acids is 1. The molecule has 2 aliphatic rings. The largest absolute Gasteiger partial charge is 0.496 e. The summed E-state index contributed by atoms with van der Waals surface area (Å²) in [5.41, 5.74) is 11.6. The first kappa shape index (κ1) is 35.1. The predicted octanol–water partition coefficient (Wildman–Crippen LogP) is 7.12. The highest BCUT2D eigenvalue weighted by atomic mass is 16.5. The molecule has 2 N–H and O–H groups in total. The minimum absolute atomic E-state index is 0.201. The number of benzene rings is 3. The first-order valence-electron chi connectivity index (χ1n) is 17.5. The van der Waals surface area contributed by atoms with E-state index in [2.05, 4.69) is 98.3 Å². The number of amides is 1. The van der Waals surface area contributed by atoms with E-state index in [1.807, 2.05) is 23.7 Å². The number of imidazole rings is 1. The molecule has 0 bridgehead atoms. The van der Waals surface area contributed by atoms with Crippen molar-refractivity contribution in [3.63, 3.8) is 0 Å². The van der Waals surface area contributed by atoms with E-state index in [1.165, 1.54) is 0 Å². The Labute approximate surface area is 295 Å². The maximum absolute atomic E-state index is 13.6. The first-order valence-corrected chi connectivity index (χ1v) is 17.5. The number of nitrogens with zero attached hydrogens (tertiary/aromatic N) is 4. The fourth-order valence-corrected chi connectivity index (χ4v) is 7.41. The summed E-state index contributed by atoms with van der Waals surface area (Å²) in [6.45, 7) is 14.4. The number of methoxy groups -OCH3 is 1. The van der Waals surface area contributed by atoms with Crippen molar-refractivity contribution in [2.24, 2.45) is 13.0 Å². The average Bonchev–Trinajstić information content (AvgIpc) is 3.70. The number of nitrogens with one attached hydrogen (secondary N) is 1. The third-order valence-corrected chi connectivity index (χ3v) is 10.6. The number of carboxylic acids is 1. The molecule has 1 aromatic heterocycles. The van der Waals surface area contributed by atoms with E-state index in [4.69, 9.17) is 9.72 Å². The van der Waals surface area contributed by atoms with E-state index in [0.29, 0.717) is 31.4 Å². The minimum Gasteiger partial charge on any atom is -0.496 e. The van der Waals surface area contributed by atoms with E-state index in [-0.39, 0.29) is 11.8 Å². The Morgan fingerprint density at radius 3 is 2.44 bits per heavy atom. The van der Waals surface area contributed by atoms with Gasteiger partial charge in [0.25, 0.3) is 5.91 Å². The van der Waals surface area contributed by atoms with E-state index < -0.39 is 5.97 Å². The lowest BCUT2D eigenvalue weighted by molar-refractivity contribution is -0.141. The zero-order chi connectivity index (χ0) is 35.7. The van der Waals surface area contributed by atoms with Gasteiger partial charge in [-0.3, -0.25) is 19.4 Å². The fraction of sp³-hybridized carbons (Fsp3) is 0.390. The molecule has 1 saturated heterocycles. The molecule has 6 rings (SSSR count). The standard InChI is InChI=1S/C41H49N5O4/c1-25(2)46-19-17-37-36(24-46)42-39(44(37)6)40(47)43-35-13-9-12-34(28(35)5)33-11-8-10-29(27(33)4)14-15-30-21-38(50-7)32(20-26(30)3)23-45-18-16-31(22-45)41(48)49/h8-15,20-21,25,31H,16-19,22-24H2,1-7H3,(H,43,47)(H,48,49)/b15-14+/t31-/m1/s1. The molecule has 1 atom stereocenters. The Morgan fingerprint density at radius 2 is 1.74 bits per heavy atom. The number of ether oxygens (including phenoxy) is 1. The third-order valence-electron chi connectivity index (χ3n) is 10.6. The highest BCUT2D eigenvalue weighted by molar-refractivity contribution is 6.03.